The molecule has 3 N–H and O–H groups in total. The third-order valence-electron chi connectivity index (χ3n) is 3.56. The van der Waals surface area contributed by atoms with Crippen molar-refractivity contribution in [2.45, 2.75) is 6.92 Å². The lowest BCUT2D eigenvalue weighted by Crippen LogP contribution is -2.49. The number of piperazine rings is 1. The summed E-state index contributed by atoms with van der Waals surface area (Å²) in [6, 6.07) is 5.39. The Labute approximate surface area is 113 Å². The van der Waals surface area contributed by atoms with Crippen LogP contribution < -0.4 is 5.73 Å². The van der Waals surface area contributed by atoms with Crippen molar-refractivity contribution in [1.29, 1.82) is 0 Å². The molecule has 0 unspecified atom stereocenters. The van der Waals surface area contributed by atoms with Crippen LogP contribution in [0.4, 0.5) is 5.69 Å². The topological polar surface area (TPSA) is 69.8 Å². The minimum atomic E-state index is 0.0705. The van der Waals surface area contributed by atoms with Crippen molar-refractivity contribution in [3.8, 4) is 0 Å². The summed E-state index contributed by atoms with van der Waals surface area (Å²) in [7, 11) is 0. The third kappa shape index (κ3) is 3.24. The average Bonchev–Trinajstić information content (AvgIpc) is 2.39. The molecule has 19 heavy (non-hydrogen) atoms. The van der Waals surface area contributed by atoms with Gasteiger partial charge in [0.1, 0.15) is 0 Å². The Bertz CT molecular complexity index is 454. The maximum atomic E-state index is 12.4. The summed E-state index contributed by atoms with van der Waals surface area (Å²) >= 11 is 0. The van der Waals surface area contributed by atoms with E-state index in [1.165, 1.54) is 0 Å². The predicted molar refractivity (Wildman–Crippen MR) is 75.0 cm³/mol. The number of benzene rings is 1. The van der Waals surface area contributed by atoms with E-state index >= 15 is 0 Å². The molecule has 0 saturated carbocycles. The maximum Gasteiger partial charge on any atom is 0.254 e. The number of aryl methyl sites for hydroxylation is 1. The van der Waals surface area contributed by atoms with Crippen molar-refractivity contribution in [3.63, 3.8) is 0 Å². The number of β-amino-alcohol motifs (C(OH)–C–C–N with tert-alkyl or cyclic N) is 1. The Balaban J connectivity index is 2.01. The summed E-state index contributed by atoms with van der Waals surface area (Å²) in [5.41, 5.74) is 8.03. The first kappa shape index (κ1) is 13.8. The minimum Gasteiger partial charge on any atom is -0.399 e. The number of carbonyl (C=O) groups is 1. The van der Waals surface area contributed by atoms with Gasteiger partial charge in [-0.3, -0.25) is 9.69 Å². The molecule has 1 fully saturated rings. The molecule has 1 aliphatic heterocycles. The summed E-state index contributed by atoms with van der Waals surface area (Å²) in [5, 5.41) is 8.90. The number of carbonyl (C=O) groups excluding carboxylic acids is 1. The van der Waals surface area contributed by atoms with Crippen LogP contribution in [0, 0.1) is 6.92 Å². The van der Waals surface area contributed by atoms with Gasteiger partial charge in [0.25, 0.3) is 5.91 Å². The standard InChI is InChI=1S/C14H21N3O2/c1-11-10-12(15)2-3-13(11)14(19)17-6-4-16(5-7-17)8-9-18/h2-3,10,18H,4-9,15H2,1H3. The Morgan fingerprint density at radius 3 is 2.58 bits per heavy atom. The van der Waals surface area contributed by atoms with Gasteiger partial charge in [-0.15, -0.1) is 0 Å². The molecule has 0 radical (unpaired) electrons. The highest BCUT2D eigenvalue weighted by Crippen LogP contribution is 2.16. The first-order valence-electron chi connectivity index (χ1n) is 6.60. The van der Waals surface area contributed by atoms with Gasteiger partial charge in [-0.1, -0.05) is 0 Å². The van der Waals surface area contributed by atoms with E-state index in [-0.39, 0.29) is 12.5 Å². The van der Waals surface area contributed by atoms with E-state index in [4.69, 9.17) is 10.8 Å². The smallest absolute Gasteiger partial charge is 0.254 e. The summed E-state index contributed by atoms with van der Waals surface area (Å²) in [6.45, 7) is 5.82. The molecule has 1 aliphatic rings. The number of aliphatic hydroxyl groups excluding tert-OH is 1. The largest absolute Gasteiger partial charge is 0.399 e. The van der Waals surface area contributed by atoms with Crippen LogP contribution in [0.25, 0.3) is 0 Å². The van der Waals surface area contributed by atoms with Crippen LogP contribution in [-0.4, -0.2) is 60.1 Å². The molecule has 5 heteroatoms. The molecule has 0 aromatic heterocycles. The number of nitrogens with zero attached hydrogens (tertiary/aromatic N) is 2. The Morgan fingerprint density at radius 2 is 2.00 bits per heavy atom. The van der Waals surface area contributed by atoms with Crippen molar-refractivity contribution >= 4 is 11.6 Å². The van der Waals surface area contributed by atoms with Gasteiger partial charge in [0.05, 0.1) is 6.61 Å². The van der Waals surface area contributed by atoms with Crippen LogP contribution in [-0.2, 0) is 0 Å². The van der Waals surface area contributed by atoms with Crippen LogP contribution in [0.1, 0.15) is 15.9 Å². The van der Waals surface area contributed by atoms with Gasteiger partial charge in [-0.05, 0) is 30.7 Å². The van der Waals surface area contributed by atoms with Gasteiger partial charge < -0.3 is 15.7 Å². The highest BCUT2D eigenvalue weighted by atomic mass is 16.3. The summed E-state index contributed by atoms with van der Waals surface area (Å²) < 4.78 is 0. The lowest BCUT2D eigenvalue weighted by molar-refractivity contribution is 0.0614. The SMILES string of the molecule is Cc1cc(N)ccc1C(=O)N1CCN(CCO)CC1. The van der Waals surface area contributed by atoms with Crippen molar-refractivity contribution in [2.75, 3.05) is 45.1 Å². The number of nitrogen functional groups attached to an aromatic ring is 1. The fraction of sp³-hybridized carbons (Fsp3) is 0.500. The zero-order valence-corrected chi connectivity index (χ0v) is 11.3. The third-order valence-corrected chi connectivity index (χ3v) is 3.56. The number of hydrogen-bond acceptors (Lipinski definition) is 4. The predicted octanol–water partition coefficient (Wildman–Crippen LogP) is 0.327. The molecule has 0 atom stereocenters. The van der Waals surface area contributed by atoms with Crippen LogP contribution in [0.2, 0.25) is 0 Å². The number of hydrogen-bond donors (Lipinski definition) is 2. The lowest BCUT2D eigenvalue weighted by Gasteiger charge is -2.34. The quantitative estimate of drug-likeness (QED) is 0.771. The van der Waals surface area contributed by atoms with Crippen LogP contribution in [0.3, 0.4) is 0 Å². The zero-order chi connectivity index (χ0) is 13.8. The maximum absolute atomic E-state index is 12.4. The van der Waals surface area contributed by atoms with E-state index in [1.807, 2.05) is 17.9 Å². The second kappa shape index (κ2) is 6.04. The van der Waals surface area contributed by atoms with E-state index in [0.717, 1.165) is 24.2 Å². The molecule has 1 amide bonds. The molecule has 1 heterocycles. The second-order valence-corrected chi connectivity index (χ2v) is 4.93. The van der Waals surface area contributed by atoms with Crippen molar-refractivity contribution < 1.29 is 9.90 Å². The van der Waals surface area contributed by atoms with Gasteiger partial charge in [0, 0.05) is 44.0 Å². The number of aliphatic hydroxyl groups is 1. The molecule has 1 saturated heterocycles. The monoisotopic (exact) mass is 263 g/mol. The fourth-order valence-electron chi connectivity index (χ4n) is 2.41. The van der Waals surface area contributed by atoms with Crippen molar-refractivity contribution in [3.05, 3.63) is 29.3 Å². The van der Waals surface area contributed by atoms with E-state index < -0.39 is 0 Å². The molecular weight excluding hydrogens is 242 g/mol. The molecule has 5 nitrogen and oxygen atoms in total. The molecule has 0 bridgehead atoms. The Kier molecular flexibility index (Phi) is 4.39. The first-order chi connectivity index (χ1) is 9.11. The van der Waals surface area contributed by atoms with Crippen LogP contribution >= 0.6 is 0 Å². The number of rotatable bonds is 3. The molecular formula is C14H21N3O2. The number of nitrogens with two attached hydrogens (primary N) is 1. The van der Waals surface area contributed by atoms with Crippen molar-refractivity contribution in [1.82, 2.24) is 9.80 Å². The number of anilines is 1. The molecule has 1 aromatic rings. The van der Waals surface area contributed by atoms with E-state index in [0.29, 0.717) is 25.3 Å². The highest BCUT2D eigenvalue weighted by Gasteiger charge is 2.22. The van der Waals surface area contributed by atoms with E-state index in [9.17, 15) is 4.79 Å². The summed E-state index contributed by atoms with van der Waals surface area (Å²) in [6.07, 6.45) is 0. The molecule has 0 aliphatic carbocycles. The molecule has 1 aromatic carbocycles. The molecule has 2 rings (SSSR count). The number of amides is 1. The molecule has 0 spiro atoms. The summed E-state index contributed by atoms with van der Waals surface area (Å²) in [5.74, 6) is 0.0705. The van der Waals surface area contributed by atoms with Crippen LogP contribution in [0.5, 0.6) is 0 Å². The Morgan fingerprint density at radius 1 is 1.32 bits per heavy atom. The summed E-state index contributed by atoms with van der Waals surface area (Å²) in [4.78, 5) is 16.4. The van der Waals surface area contributed by atoms with Crippen LogP contribution in [0.15, 0.2) is 18.2 Å². The second-order valence-electron chi connectivity index (χ2n) is 4.93. The normalized spacial score (nSPS) is 16.6. The fourth-order valence-corrected chi connectivity index (χ4v) is 2.41. The van der Waals surface area contributed by atoms with Gasteiger partial charge in [-0.2, -0.15) is 0 Å². The van der Waals surface area contributed by atoms with E-state index in [1.54, 1.807) is 12.1 Å². The lowest BCUT2D eigenvalue weighted by atomic mass is 10.1. The van der Waals surface area contributed by atoms with Gasteiger partial charge in [0.15, 0.2) is 0 Å². The first-order valence-corrected chi connectivity index (χ1v) is 6.60. The Hall–Kier alpha value is -1.59. The average molecular weight is 263 g/mol. The van der Waals surface area contributed by atoms with Crippen molar-refractivity contribution in [2.24, 2.45) is 0 Å². The minimum absolute atomic E-state index is 0.0705. The van der Waals surface area contributed by atoms with E-state index in [2.05, 4.69) is 4.90 Å². The highest BCUT2D eigenvalue weighted by molar-refractivity contribution is 5.96. The van der Waals surface area contributed by atoms with Gasteiger partial charge in [0.2, 0.25) is 0 Å². The zero-order valence-electron chi connectivity index (χ0n) is 11.3. The molecule has 104 valence electrons. The van der Waals surface area contributed by atoms with Gasteiger partial charge in [-0.25, -0.2) is 0 Å². The van der Waals surface area contributed by atoms with Gasteiger partial charge >= 0.3 is 0 Å².